The van der Waals surface area contributed by atoms with Crippen LogP contribution in [0.15, 0.2) is 113 Å². The van der Waals surface area contributed by atoms with Gasteiger partial charge in [0.1, 0.15) is 5.75 Å². The molecule has 0 bridgehead atoms. The summed E-state index contributed by atoms with van der Waals surface area (Å²) in [6.07, 6.45) is 2.46. The van der Waals surface area contributed by atoms with Gasteiger partial charge >= 0.3 is 0 Å². The van der Waals surface area contributed by atoms with E-state index in [0.717, 1.165) is 9.14 Å². The Morgan fingerprint density at radius 2 is 1.54 bits per heavy atom. The van der Waals surface area contributed by atoms with Crippen molar-refractivity contribution in [2.75, 3.05) is 9.80 Å². The summed E-state index contributed by atoms with van der Waals surface area (Å²) in [6, 6.07) is 28.2. The molecule has 4 aromatic carbocycles. The maximum absolute atomic E-state index is 15.3. The number of rotatable bonds is 4. The normalized spacial score (nSPS) is 27.9. The van der Waals surface area contributed by atoms with E-state index in [9.17, 15) is 19.5 Å². The van der Waals surface area contributed by atoms with Gasteiger partial charge in [-0.1, -0.05) is 75.6 Å². The van der Waals surface area contributed by atoms with Crippen LogP contribution in [0.3, 0.4) is 0 Å². The zero-order chi connectivity index (χ0) is 33.5. The average Bonchev–Trinajstić information content (AvgIpc) is 3.47. The molecule has 0 unspecified atom stereocenters. The fourth-order valence-corrected chi connectivity index (χ4v) is 9.61. The highest BCUT2D eigenvalue weighted by Crippen LogP contribution is 2.65. The third-order valence-electron chi connectivity index (χ3n) is 10.6. The van der Waals surface area contributed by atoms with Crippen LogP contribution in [-0.2, 0) is 24.6 Å². The first-order valence-electron chi connectivity index (χ1n) is 15.6. The topological polar surface area (TPSA) is 95.0 Å². The van der Waals surface area contributed by atoms with E-state index < -0.39 is 46.8 Å². The molecule has 2 aliphatic heterocycles. The summed E-state index contributed by atoms with van der Waals surface area (Å²) in [6.45, 7) is 0. The number of aromatic hydroxyl groups is 1. The highest BCUT2D eigenvalue weighted by molar-refractivity contribution is 14.1. The number of amides is 4. The summed E-state index contributed by atoms with van der Waals surface area (Å²) in [7, 11) is 0. The van der Waals surface area contributed by atoms with Gasteiger partial charge in [-0.25, -0.2) is 4.90 Å². The van der Waals surface area contributed by atoms with Crippen LogP contribution in [0.25, 0.3) is 0 Å². The lowest BCUT2D eigenvalue weighted by atomic mass is 9.49. The molecular formula is C38H27BrClIN2O5. The predicted octanol–water partition coefficient (Wildman–Crippen LogP) is 7.78. The van der Waals surface area contributed by atoms with Crippen molar-refractivity contribution in [3.8, 4) is 5.75 Å². The number of carbonyl (C=O) groups is 4. The van der Waals surface area contributed by atoms with E-state index in [1.165, 1.54) is 9.80 Å². The molecule has 4 aliphatic rings. The molecule has 2 saturated heterocycles. The molecule has 3 fully saturated rings. The molecule has 8 rings (SSSR count). The van der Waals surface area contributed by atoms with Crippen molar-refractivity contribution >= 4 is 85.1 Å². The van der Waals surface area contributed by atoms with Crippen LogP contribution in [0.2, 0.25) is 5.02 Å². The SMILES string of the molecule is O=C1[C@H]2[C@H](CC=C3[C@H]2C[C@H]2C(=O)N(c4cccc(Cl)c4)C(=O)[C@@]2(c2ccccc2)[C@H]3c2cc(Br)ccc2O)C(=O)N1c1ccc(I)cc1. The molecule has 48 heavy (non-hydrogen) atoms. The van der Waals surface area contributed by atoms with Crippen LogP contribution in [0, 0.1) is 27.2 Å². The molecule has 1 saturated carbocycles. The monoisotopic (exact) mass is 832 g/mol. The van der Waals surface area contributed by atoms with Gasteiger partial charge in [0.05, 0.1) is 34.5 Å². The molecule has 0 radical (unpaired) electrons. The van der Waals surface area contributed by atoms with Crippen LogP contribution in [0.5, 0.6) is 5.75 Å². The Bertz CT molecular complexity index is 2070. The zero-order valence-corrected chi connectivity index (χ0v) is 29.7. The second kappa shape index (κ2) is 11.7. The van der Waals surface area contributed by atoms with Crippen LogP contribution < -0.4 is 9.80 Å². The first-order chi connectivity index (χ1) is 23.1. The highest BCUT2D eigenvalue weighted by atomic mass is 127. The number of hydrogen-bond acceptors (Lipinski definition) is 5. The number of fused-ring (bicyclic) bond motifs is 4. The Labute approximate surface area is 303 Å². The molecular weight excluding hydrogens is 807 g/mol. The number of imide groups is 2. The van der Waals surface area contributed by atoms with E-state index in [1.807, 2.05) is 48.5 Å². The number of carbonyl (C=O) groups excluding carboxylic acids is 4. The number of anilines is 2. The number of hydrogen-bond donors (Lipinski definition) is 1. The fraction of sp³-hybridized carbons (Fsp3) is 0.211. The number of nitrogens with zero attached hydrogens (tertiary/aromatic N) is 2. The van der Waals surface area contributed by atoms with Crippen molar-refractivity contribution < 1.29 is 24.3 Å². The second-order valence-corrected chi connectivity index (χ2v) is 15.4. The predicted molar refractivity (Wildman–Crippen MR) is 194 cm³/mol. The first-order valence-corrected chi connectivity index (χ1v) is 17.9. The number of allylic oxidation sites excluding steroid dienone is 2. The average molecular weight is 834 g/mol. The van der Waals surface area contributed by atoms with Crippen molar-refractivity contribution in [3.05, 3.63) is 133 Å². The van der Waals surface area contributed by atoms with Gasteiger partial charge in [-0.2, -0.15) is 0 Å². The molecule has 10 heteroatoms. The van der Waals surface area contributed by atoms with E-state index in [1.54, 1.807) is 54.6 Å². The standard InChI is InChI=1S/C38H27BrClIN2O5/c39-21-9-16-31(44)29(17-21)33-26-14-15-27-32(36(47)42(34(27)45)24-12-10-23(41)11-13-24)28(26)19-30-35(46)43(25-8-4-7-22(40)18-25)37(48)38(30,33)20-5-2-1-3-6-20/h1-14,16-18,27-28,30,32-33,44H,15,19H2/t27-,28+,30-,32-,33+,38+/m0/s1. The van der Waals surface area contributed by atoms with E-state index >= 15 is 4.79 Å². The van der Waals surface area contributed by atoms with Crippen LogP contribution in [0.4, 0.5) is 11.4 Å². The van der Waals surface area contributed by atoms with E-state index in [2.05, 4.69) is 38.5 Å². The molecule has 0 aromatic heterocycles. The Kier molecular flexibility index (Phi) is 7.65. The molecule has 240 valence electrons. The summed E-state index contributed by atoms with van der Waals surface area (Å²) >= 11 is 12.1. The van der Waals surface area contributed by atoms with Crippen molar-refractivity contribution in [1.29, 1.82) is 0 Å². The van der Waals surface area contributed by atoms with E-state index in [-0.39, 0.29) is 24.0 Å². The lowest BCUT2D eigenvalue weighted by molar-refractivity contribution is -0.127. The Morgan fingerprint density at radius 1 is 0.792 bits per heavy atom. The third-order valence-corrected chi connectivity index (χ3v) is 12.0. The lowest BCUT2D eigenvalue weighted by Gasteiger charge is -2.50. The Balaban J connectivity index is 1.36. The fourth-order valence-electron chi connectivity index (χ4n) is 8.69. The molecule has 7 nitrogen and oxygen atoms in total. The van der Waals surface area contributed by atoms with Crippen LogP contribution in [-0.4, -0.2) is 28.7 Å². The third kappa shape index (κ3) is 4.50. The maximum Gasteiger partial charge on any atom is 0.246 e. The van der Waals surface area contributed by atoms with Crippen molar-refractivity contribution in [1.82, 2.24) is 0 Å². The van der Waals surface area contributed by atoms with E-state index in [4.69, 9.17) is 11.6 Å². The molecule has 1 N–H and O–H groups in total. The summed E-state index contributed by atoms with van der Waals surface area (Å²) in [5.74, 6) is -5.04. The van der Waals surface area contributed by atoms with Crippen LogP contribution >= 0.6 is 50.1 Å². The minimum absolute atomic E-state index is 0.0308. The molecule has 6 atom stereocenters. The largest absolute Gasteiger partial charge is 0.508 e. The summed E-state index contributed by atoms with van der Waals surface area (Å²) in [5, 5.41) is 11.9. The lowest BCUT2D eigenvalue weighted by Crippen LogP contribution is -2.53. The number of phenolic OH excluding ortho intramolecular Hbond substituents is 1. The van der Waals surface area contributed by atoms with Crippen molar-refractivity contribution in [3.63, 3.8) is 0 Å². The van der Waals surface area contributed by atoms with Gasteiger partial charge in [-0.15, -0.1) is 0 Å². The highest BCUT2D eigenvalue weighted by Gasteiger charge is 2.70. The van der Waals surface area contributed by atoms with Crippen LogP contribution in [0.1, 0.15) is 29.9 Å². The van der Waals surface area contributed by atoms with E-state index in [0.29, 0.717) is 38.4 Å². The van der Waals surface area contributed by atoms with Gasteiger partial charge in [0.2, 0.25) is 23.6 Å². The molecule has 4 aromatic rings. The molecule has 0 spiro atoms. The summed E-state index contributed by atoms with van der Waals surface area (Å²) < 4.78 is 1.67. The number of phenols is 1. The Hall–Kier alpha value is -3.80. The van der Waals surface area contributed by atoms with Gasteiger partial charge in [-0.3, -0.25) is 24.1 Å². The van der Waals surface area contributed by atoms with Gasteiger partial charge in [0.25, 0.3) is 0 Å². The van der Waals surface area contributed by atoms with Crippen molar-refractivity contribution in [2.24, 2.45) is 23.7 Å². The zero-order valence-electron chi connectivity index (χ0n) is 25.2. The second-order valence-electron chi connectivity index (χ2n) is 12.8. The minimum atomic E-state index is -1.46. The molecule has 2 aliphatic carbocycles. The molecule has 4 amide bonds. The quantitative estimate of drug-likeness (QED) is 0.129. The van der Waals surface area contributed by atoms with Gasteiger partial charge in [-0.05, 0) is 108 Å². The summed E-state index contributed by atoms with van der Waals surface area (Å²) in [5.41, 5.74) is 1.29. The Morgan fingerprint density at radius 3 is 2.27 bits per heavy atom. The molecule has 2 heterocycles. The van der Waals surface area contributed by atoms with Gasteiger partial charge in [0, 0.05) is 24.5 Å². The number of benzene rings is 4. The smallest absolute Gasteiger partial charge is 0.246 e. The van der Waals surface area contributed by atoms with Crippen molar-refractivity contribution in [2.45, 2.75) is 24.2 Å². The number of halogens is 3. The maximum atomic E-state index is 15.3. The van der Waals surface area contributed by atoms with Gasteiger partial charge < -0.3 is 5.11 Å². The van der Waals surface area contributed by atoms with Gasteiger partial charge in [0.15, 0.2) is 0 Å². The first kappa shape index (κ1) is 31.5. The summed E-state index contributed by atoms with van der Waals surface area (Å²) in [4.78, 5) is 60.9. The minimum Gasteiger partial charge on any atom is -0.508 e.